The molecule has 1 aromatic carbocycles. The number of likely N-dealkylation sites (tertiary alicyclic amines) is 1. The Hall–Kier alpha value is -3.09. The lowest BCUT2D eigenvalue weighted by Crippen LogP contribution is -2.51. The van der Waals surface area contributed by atoms with E-state index in [9.17, 15) is 9.59 Å². The molecule has 7 heteroatoms. The van der Waals surface area contributed by atoms with Crippen LogP contribution in [-0.2, 0) is 9.53 Å². The fourth-order valence-corrected chi connectivity index (χ4v) is 3.12. The third-order valence-corrected chi connectivity index (χ3v) is 4.43. The number of hydrogen-bond donors (Lipinski definition) is 1. The standard InChI is InChI=1S/C22H27N3O4/c1-22(2,3)29-21(27)25-14-5-4-8-19(25)20(26)24-16-9-11-17(12-10-16)28-18-7-6-13-23-15-18/h6-7,9-13,15,19H,4-5,8,14H2,1-3H3,(H,24,26)/t19-/m0/s1. The first-order valence-electron chi connectivity index (χ1n) is 9.80. The Morgan fingerprint density at radius 2 is 1.86 bits per heavy atom. The molecule has 0 bridgehead atoms. The summed E-state index contributed by atoms with van der Waals surface area (Å²) in [7, 11) is 0. The molecule has 2 amide bonds. The number of piperidine rings is 1. The van der Waals surface area contributed by atoms with Crippen molar-refractivity contribution in [2.75, 3.05) is 11.9 Å². The highest BCUT2D eigenvalue weighted by Gasteiger charge is 2.34. The van der Waals surface area contributed by atoms with Crippen molar-refractivity contribution in [1.29, 1.82) is 0 Å². The molecule has 2 heterocycles. The number of pyridine rings is 1. The maximum absolute atomic E-state index is 12.8. The summed E-state index contributed by atoms with van der Waals surface area (Å²) in [6, 6.07) is 10.2. The molecule has 0 aliphatic carbocycles. The highest BCUT2D eigenvalue weighted by molar-refractivity contribution is 5.96. The molecule has 1 N–H and O–H groups in total. The van der Waals surface area contributed by atoms with E-state index in [1.54, 1.807) is 42.7 Å². The molecule has 3 rings (SSSR count). The fraction of sp³-hybridized carbons (Fsp3) is 0.409. The molecule has 7 nitrogen and oxygen atoms in total. The lowest BCUT2D eigenvalue weighted by molar-refractivity contribution is -0.122. The number of carbonyl (C=O) groups is 2. The van der Waals surface area contributed by atoms with Crippen LogP contribution in [0.5, 0.6) is 11.5 Å². The maximum atomic E-state index is 12.8. The van der Waals surface area contributed by atoms with E-state index >= 15 is 0 Å². The molecular formula is C22H27N3O4. The molecule has 1 aliphatic heterocycles. The van der Waals surface area contributed by atoms with Crippen molar-refractivity contribution in [3.63, 3.8) is 0 Å². The van der Waals surface area contributed by atoms with Crippen LogP contribution in [0.3, 0.4) is 0 Å². The second kappa shape index (κ2) is 8.94. The smallest absolute Gasteiger partial charge is 0.410 e. The first-order valence-corrected chi connectivity index (χ1v) is 9.80. The van der Waals surface area contributed by atoms with E-state index in [1.165, 1.54) is 4.90 Å². The number of ether oxygens (including phenoxy) is 2. The number of benzene rings is 1. The van der Waals surface area contributed by atoms with Gasteiger partial charge in [-0.3, -0.25) is 14.7 Å². The van der Waals surface area contributed by atoms with E-state index in [4.69, 9.17) is 9.47 Å². The van der Waals surface area contributed by atoms with Gasteiger partial charge in [0.1, 0.15) is 23.1 Å². The average Bonchev–Trinajstić information content (AvgIpc) is 2.69. The summed E-state index contributed by atoms with van der Waals surface area (Å²) in [5.74, 6) is 1.07. The predicted molar refractivity (Wildman–Crippen MR) is 110 cm³/mol. The SMILES string of the molecule is CC(C)(C)OC(=O)N1CCCC[C@H]1C(=O)Nc1ccc(Oc2cccnc2)cc1. The van der Waals surface area contributed by atoms with Crippen LogP contribution in [0.2, 0.25) is 0 Å². The second-order valence-corrected chi connectivity index (χ2v) is 7.99. The van der Waals surface area contributed by atoms with E-state index in [2.05, 4.69) is 10.3 Å². The molecule has 0 radical (unpaired) electrons. The second-order valence-electron chi connectivity index (χ2n) is 7.99. The van der Waals surface area contributed by atoms with Crippen molar-refractivity contribution >= 4 is 17.7 Å². The molecule has 1 aliphatic rings. The summed E-state index contributed by atoms with van der Waals surface area (Å²) in [6.45, 7) is 5.97. The Balaban J connectivity index is 1.62. The first kappa shape index (κ1) is 20.6. The quantitative estimate of drug-likeness (QED) is 0.815. The van der Waals surface area contributed by atoms with Gasteiger partial charge in [0.25, 0.3) is 0 Å². The van der Waals surface area contributed by atoms with Crippen molar-refractivity contribution in [1.82, 2.24) is 9.88 Å². The number of hydrogen-bond acceptors (Lipinski definition) is 5. The molecular weight excluding hydrogens is 370 g/mol. The van der Waals surface area contributed by atoms with E-state index in [0.29, 0.717) is 30.2 Å². The Labute approximate surface area is 171 Å². The number of amides is 2. The van der Waals surface area contributed by atoms with Crippen molar-refractivity contribution in [2.45, 2.75) is 51.7 Å². The summed E-state index contributed by atoms with van der Waals surface area (Å²) in [5.41, 5.74) is 0.0443. The van der Waals surface area contributed by atoms with Gasteiger partial charge in [0.2, 0.25) is 5.91 Å². The third-order valence-electron chi connectivity index (χ3n) is 4.43. The van der Waals surface area contributed by atoms with Gasteiger partial charge in [-0.05, 0) is 76.4 Å². The molecule has 1 atom stereocenters. The Kier molecular flexibility index (Phi) is 6.36. The van der Waals surface area contributed by atoms with Crippen molar-refractivity contribution in [3.05, 3.63) is 48.8 Å². The number of rotatable bonds is 4. The van der Waals surface area contributed by atoms with Gasteiger partial charge >= 0.3 is 6.09 Å². The van der Waals surface area contributed by atoms with Crippen LogP contribution in [0.1, 0.15) is 40.0 Å². The maximum Gasteiger partial charge on any atom is 0.410 e. The van der Waals surface area contributed by atoms with Gasteiger partial charge in [0.05, 0.1) is 6.20 Å². The topological polar surface area (TPSA) is 80.8 Å². The van der Waals surface area contributed by atoms with Crippen LogP contribution < -0.4 is 10.1 Å². The van der Waals surface area contributed by atoms with Gasteiger partial charge in [-0.2, -0.15) is 0 Å². The molecule has 1 saturated heterocycles. The summed E-state index contributed by atoms with van der Waals surface area (Å²) in [5, 5.41) is 2.89. The van der Waals surface area contributed by atoms with Gasteiger partial charge in [-0.25, -0.2) is 4.79 Å². The minimum Gasteiger partial charge on any atom is -0.456 e. The monoisotopic (exact) mass is 397 g/mol. The highest BCUT2D eigenvalue weighted by Crippen LogP contribution is 2.24. The van der Waals surface area contributed by atoms with Crippen molar-refractivity contribution in [3.8, 4) is 11.5 Å². The summed E-state index contributed by atoms with van der Waals surface area (Å²) < 4.78 is 11.2. The van der Waals surface area contributed by atoms with Crippen molar-refractivity contribution in [2.24, 2.45) is 0 Å². The molecule has 29 heavy (non-hydrogen) atoms. The molecule has 0 spiro atoms. The summed E-state index contributed by atoms with van der Waals surface area (Å²) >= 11 is 0. The molecule has 1 fully saturated rings. The van der Waals surface area contributed by atoms with Crippen molar-refractivity contribution < 1.29 is 19.1 Å². The van der Waals surface area contributed by atoms with Crippen LogP contribution in [-0.4, -0.2) is 40.1 Å². The summed E-state index contributed by atoms with van der Waals surface area (Å²) in [6.07, 6.45) is 5.24. The zero-order chi connectivity index (χ0) is 20.9. The van der Waals surface area contributed by atoms with Crippen LogP contribution in [0.25, 0.3) is 0 Å². The fourth-order valence-electron chi connectivity index (χ4n) is 3.12. The lowest BCUT2D eigenvalue weighted by atomic mass is 10.0. The Bertz CT molecular complexity index is 831. The average molecular weight is 397 g/mol. The number of aromatic nitrogens is 1. The largest absolute Gasteiger partial charge is 0.456 e. The molecule has 2 aromatic rings. The van der Waals surface area contributed by atoms with E-state index in [1.807, 2.05) is 26.8 Å². The summed E-state index contributed by atoms with van der Waals surface area (Å²) in [4.78, 5) is 30.9. The number of nitrogens with one attached hydrogen (secondary N) is 1. The normalized spacial score (nSPS) is 16.8. The van der Waals surface area contributed by atoms with Gasteiger partial charge in [-0.15, -0.1) is 0 Å². The zero-order valence-electron chi connectivity index (χ0n) is 17.1. The Morgan fingerprint density at radius 1 is 1.10 bits per heavy atom. The van der Waals surface area contributed by atoms with Crippen LogP contribution in [0.4, 0.5) is 10.5 Å². The number of carbonyl (C=O) groups excluding carboxylic acids is 2. The molecule has 154 valence electrons. The minimum atomic E-state index is -0.598. The molecule has 0 unspecified atom stereocenters. The van der Waals surface area contributed by atoms with Gasteiger partial charge in [0.15, 0.2) is 0 Å². The van der Waals surface area contributed by atoms with Gasteiger partial charge in [0, 0.05) is 18.4 Å². The first-order chi connectivity index (χ1) is 13.8. The van der Waals surface area contributed by atoms with E-state index in [0.717, 1.165) is 12.8 Å². The number of anilines is 1. The van der Waals surface area contributed by atoms with E-state index in [-0.39, 0.29) is 5.91 Å². The molecule has 1 aromatic heterocycles. The van der Waals surface area contributed by atoms with Gasteiger partial charge in [-0.1, -0.05) is 0 Å². The Morgan fingerprint density at radius 3 is 2.52 bits per heavy atom. The van der Waals surface area contributed by atoms with Crippen LogP contribution in [0.15, 0.2) is 48.8 Å². The lowest BCUT2D eigenvalue weighted by Gasteiger charge is -2.35. The minimum absolute atomic E-state index is 0.212. The van der Waals surface area contributed by atoms with Crippen LogP contribution >= 0.6 is 0 Å². The number of nitrogens with zero attached hydrogens (tertiary/aromatic N) is 2. The van der Waals surface area contributed by atoms with E-state index < -0.39 is 17.7 Å². The van der Waals surface area contributed by atoms with Gasteiger partial charge < -0.3 is 14.8 Å². The zero-order valence-corrected chi connectivity index (χ0v) is 17.1. The third kappa shape index (κ3) is 5.94. The highest BCUT2D eigenvalue weighted by atomic mass is 16.6. The predicted octanol–water partition coefficient (Wildman–Crippen LogP) is 4.60. The molecule has 0 saturated carbocycles. The van der Waals surface area contributed by atoms with Crippen LogP contribution in [0, 0.1) is 0 Å².